The Morgan fingerprint density at radius 1 is 1.35 bits per heavy atom. The van der Waals surface area contributed by atoms with E-state index in [-0.39, 0.29) is 17.0 Å². The Kier molecular flexibility index (Phi) is 4.62. The van der Waals surface area contributed by atoms with E-state index < -0.39 is 10.0 Å². The third-order valence-corrected chi connectivity index (χ3v) is 5.46. The lowest BCUT2D eigenvalue weighted by Gasteiger charge is -2.26. The molecule has 2 atom stereocenters. The molecule has 0 spiro atoms. The number of sulfonamides is 1. The number of pyridine rings is 1. The van der Waals surface area contributed by atoms with Gasteiger partial charge in [0.05, 0.1) is 18.8 Å². The first-order valence-corrected chi connectivity index (χ1v) is 9.02. The molecular weight excluding hydrogens is 320 g/mol. The van der Waals surface area contributed by atoms with Gasteiger partial charge in [0, 0.05) is 31.4 Å². The molecule has 1 saturated carbocycles. The van der Waals surface area contributed by atoms with E-state index >= 15 is 0 Å². The number of hydrogen-bond acceptors (Lipinski definition) is 6. The Morgan fingerprint density at radius 2 is 2.09 bits per heavy atom. The first-order valence-electron chi connectivity index (χ1n) is 7.53. The maximum atomic E-state index is 12.2. The van der Waals surface area contributed by atoms with Gasteiger partial charge in [0.25, 0.3) is 15.9 Å². The molecule has 2 heterocycles. The summed E-state index contributed by atoms with van der Waals surface area (Å²) in [5.74, 6) is -0.230. The minimum Gasteiger partial charge on any atom is -0.379 e. The van der Waals surface area contributed by atoms with Crippen LogP contribution >= 0.6 is 0 Å². The maximum Gasteiger partial charge on any atom is 0.257 e. The Morgan fingerprint density at radius 3 is 2.70 bits per heavy atom. The predicted molar refractivity (Wildman–Crippen MR) is 82.5 cm³/mol. The van der Waals surface area contributed by atoms with Crippen molar-refractivity contribution in [2.24, 2.45) is 0 Å². The highest BCUT2D eigenvalue weighted by molar-refractivity contribution is 7.89. The van der Waals surface area contributed by atoms with Gasteiger partial charge in [-0.25, -0.2) is 18.1 Å². The summed E-state index contributed by atoms with van der Waals surface area (Å²) in [5.41, 5.74) is 0.354. The lowest BCUT2D eigenvalue weighted by molar-refractivity contribution is 0.0325. The molecule has 1 aromatic rings. The van der Waals surface area contributed by atoms with Crippen molar-refractivity contribution in [2.75, 3.05) is 33.4 Å². The Labute approximate surface area is 135 Å². The minimum atomic E-state index is -3.59. The Bertz CT molecular complexity index is 671. The van der Waals surface area contributed by atoms with Gasteiger partial charge >= 0.3 is 0 Å². The number of carbonyl (C=O) groups excluding carboxylic acids is 1. The number of carbonyl (C=O) groups is 1. The highest BCUT2D eigenvalue weighted by atomic mass is 32.2. The van der Waals surface area contributed by atoms with E-state index in [2.05, 4.69) is 19.9 Å². The van der Waals surface area contributed by atoms with Gasteiger partial charge in [-0.05, 0) is 25.6 Å². The number of nitrogens with one attached hydrogen (secondary N) is 2. The molecule has 0 bridgehead atoms. The zero-order valence-corrected chi connectivity index (χ0v) is 13.7. The van der Waals surface area contributed by atoms with E-state index in [9.17, 15) is 13.2 Å². The number of aromatic nitrogens is 1. The number of morpholine rings is 1. The van der Waals surface area contributed by atoms with Crippen LogP contribution in [-0.4, -0.2) is 69.6 Å². The summed E-state index contributed by atoms with van der Waals surface area (Å²) in [6.07, 6.45) is 2.22. The van der Waals surface area contributed by atoms with Crippen molar-refractivity contribution in [1.29, 1.82) is 0 Å². The molecule has 2 N–H and O–H groups in total. The van der Waals surface area contributed by atoms with Crippen molar-refractivity contribution < 1.29 is 17.9 Å². The van der Waals surface area contributed by atoms with E-state index in [0.717, 1.165) is 32.7 Å². The zero-order valence-electron chi connectivity index (χ0n) is 12.9. The third kappa shape index (κ3) is 3.69. The topological polar surface area (TPSA) is 101 Å². The molecule has 126 valence electrons. The SMILES string of the molecule is CNS(=O)(=O)c1ccc(C(=O)N[C@@H]2C[C@H]2N2CCOCC2)cn1. The highest BCUT2D eigenvalue weighted by Gasteiger charge is 2.43. The number of hydrogen-bond donors (Lipinski definition) is 2. The van der Waals surface area contributed by atoms with E-state index in [4.69, 9.17) is 4.74 Å². The van der Waals surface area contributed by atoms with Crippen LogP contribution in [-0.2, 0) is 14.8 Å². The molecule has 2 aliphatic rings. The molecule has 1 aromatic heterocycles. The fraction of sp³-hybridized carbons (Fsp3) is 0.571. The van der Waals surface area contributed by atoms with Gasteiger partial charge < -0.3 is 10.1 Å². The van der Waals surface area contributed by atoms with Gasteiger partial charge in [-0.15, -0.1) is 0 Å². The number of amides is 1. The fourth-order valence-electron chi connectivity index (χ4n) is 2.68. The van der Waals surface area contributed by atoms with Gasteiger partial charge in [0.15, 0.2) is 5.03 Å². The summed E-state index contributed by atoms with van der Waals surface area (Å²) < 4.78 is 30.7. The average molecular weight is 340 g/mol. The van der Waals surface area contributed by atoms with Crippen molar-refractivity contribution in [1.82, 2.24) is 19.9 Å². The second-order valence-corrected chi connectivity index (χ2v) is 7.46. The molecule has 1 amide bonds. The molecule has 8 nitrogen and oxygen atoms in total. The summed E-state index contributed by atoms with van der Waals surface area (Å²) in [6, 6.07) is 3.31. The molecule has 1 saturated heterocycles. The largest absolute Gasteiger partial charge is 0.379 e. The maximum absolute atomic E-state index is 12.2. The summed E-state index contributed by atoms with van der Waals surface area (Å²) in [6.45, 7) is 3.27. The van der Waals surface area contributed by atoms with Gasteiger partial charge in [0.2, 0.25) is 0 Å². The molecule has 23 heavy (non-hydrogen) atoms. The van der Waals surface area contributed by atoms with Gasteiger partial charge in [-0.3, -0.25) is 9.69 Å². The van der Waals surface area contributed by atoms with Crippen LogP contribution in [0.4, 0.5) is 0 Å². The van der Waals surface area contributed by atoms with E-state index in [1.807, 2.05) is 0 Å². The van der Waals surface area contributed by atoms with E-state index in [1.165, 1.54) is 25.4 Å². The quantitative estimate of drug-likeness (QED) is 0.727. The molecule has 0 unspecified atom stereocenters. The molecular formula is C14H20N4O4S. The van der Waals surface area contributed by atoms with E-state index in [1.54, 1.807) is 0 Å². The molecule has 1 aliphatic carbocycles. The zero-order chi connectivity index (χ0) is 16.4. The van der Waals surface area contributed by atoms with Gasteiger partial charge in [-0.1, -0.05) is 0 Å². The number of ether oxygens (including phenoxy) is 1. The smallest absolute Gasteiger partial charge is 0.257 e. The molecule has 0 radical (unpaired) electrons. The lowest BCUT2D eigenvalue weighted by Crippen LogP contribution is -2.41. The van der Waals surface area contributed by atoms with Crippen LogP contribution in [0.2, 0.25) is 0 Å². The molecule has 2 fully saturated rings. The number of rotatable bonds is 5. The van der Waals surface area contributed by atoms with Crippen molar-refractivity contribution in [3.63, 3.8) is 0 Å². The van der Waals surface area contributed by atoms with Gasteiger partial charge in [0.1, 0.15) is 0 Å². The van der Waals surface area contributed by atoms with Crippen LogP contribution in [0.5, 0.6) is 0 Å². The Balaban J connectivity index is 1.57. The van der Waals surface area contributed by atoms with Crippen LogP contribution in [0.1, 0.15) is 16.8 Å². The standard InChI is InChI=1S/C14H20N4O4S/c1-15-23(20,21)13-3-2-10(9-16-13)14(19)17-11-8-12(11)18-4-6-22-7-5-18/h2-3,9,11-12,15H,4-8H2,1H3,(H,17,19)/t11-,12-/m1/s1. The second kappa shape index (κ2) is 6.52. The monoisotopic (exact) mass is 340 g/mol. The molecule has 9 heteroatoms. The van der Waals surface area contributed by atoms with Crippen LogP contribution < -0.4 is 10.0 Å². The third-order valence-electron chi connectivity index (χ3n) is 4.13. The van der Waals surface area contributed by atoms with Crippen LogP contribution in [0.3, 0.4) is 0 Å². The highest BCUT2D eigenvalue weighted by Crippen LogP contribution is 2.28. The second-order valence-electron chi connectivity index (χ2n) is 5.62. The summed E-state index contributed by atoms with van der Waals surface area (Å²) in [5, 5.41) is 2.86. The van der Waals surface area contributed by atoms with Crippen molar-refractivity contribution in [2.45, 2.75) is 23.5 Å². The lowest BCUT2D eigenvalue weighted by atomic mass is 10.2. The van der Waals surface area contributed by atoms with Crippen LogP contribution in [0.25, 0.3) is 0 Å². The average Bonchev–Trinajstić information content (AvgIpc) is 3.35. The summed E-state index contributed by atoms with van der Waals surface area (Å²) in [4.78, 5) is 18.4. The summed E-state index contributed by atoms with van der Waals surface area (Å²) in [7, 11) is -2.27. The number of nitrogens with zero attached hydrogens (tertiary/aromatic N) is 2. The first-order chi connectivity index (χ1) is 11.0. The molecule has 3 rings (SSSR count). The van der Waals surface area contributed by atoms with E-state index in [0.29, 0.717) is 11.6 Å². The van der Waals surface area contributed by atoms with Gasteiger partial charge in [-0.2, -0.15) is 0 Å². The normalized spacial score (nSPS) is 25.1. The summed E-state index contributed by atoms with van der Waals surface area (Å²) >= 11 is 0. The predicted octanol–water partition coefficient (Wildman–Crippen LogP) is -0.807. The minimum absolute atomic E-state index is 0.103. The first kappa shape index (κ1) is 16.3. The fourth-order valence-corrected chi connectivity index (χ4v) is 3.33. The Hall–Kier alpha value is -1.55. The van der Waals surface area contributed by atoms with Crippen LogP contribution in [0, 0.1) is 0 Å². The molecule has 1 aliphatic heterocycles. The van der Waals surface area contributed by atoms with Crippen molar-refractivity contribution >= 4 is 15.9 Å². The van der Waals surface area contributed by atoms with Crippen LogP contribution in [0.15, 0.2) is 23.4 Å². The van der Waals surface area contributed by atoms with Crippen molar-refractivity contribution in [3.05, 3.63) is 23.9 Å². The molecule has 0 aromatic carbocycles. The van der Waals surface area contributed by atoms with Crippen molar-refractivity contribution in [3.8, 4) is 0 Å².